The molecule has 0 bridgehead atoms. The fourth-order valence-electron chi connectivity index (χ4n) is 1.44. The summed E-state index contributed by atoms with van der Waals surface area (Å²) in [6.45, 7) is 0.0495. The Morgan fingerprint density at radius 1 is 1.56 bits per heavy atom. The number of halogens is 3. The highest BCUT2D eigenvalue weighted by Gasteiger charge is 2.33. The van der Waals surface area contributed by atoms with E-state index in [0.29, 0.717) is 10.7 Å². The number of furan rings is 1. The predicted octanol–water partition coefficient (Wildman–Crippen LogP) is 1.91. The van der Waals surface area contributed by atoms with Crippen molar-refractivity contribution in [3.63, 3.8) is 0 Å². The van der Waals surface area contributed by atoms with Crippen LogP contribution in [0.2, 0.25) is 0 Å². The van der Waals surface area contributed by atoms with E-state index < -0.39 is 24.7 Å². The van der Waals surface area contributed by atoms with Crippen molar-refractivity contribution in [2.45, 2.75) is 32.1 Å². The van der Waals surface area contributed by atoms with E-state index in [2.05, 4.69) is 0 Å². The van der Waals surface area contributed by atoms with Crippen LogP contribution in [0.1, 0.15) is 19.1 Å². The van der Waals surface area contributed by atoms with E-state index in [-0.39, 0.29) is 13.0 Å². The number of hydrogen-bond acceptors (Lipinski definition) is 3. The molecule has 102 valence electrons. The number of amides is 1. The van der Waals surface area contributed by atoms with Crippen molar-refractivity contribution < 1.29 is 22.4 Å². The summed E-state index contributed by atoms with van der Waals surface area (Å²) < 4.78 is 42.1. The lowest BCUT2D eigenvalue weighted by Crippen LogP contribution is -2.40. The van der Waals surface area contributed by atoms with Gasteiger partial charge in [-0.3, -0.25) is 4.79 Å². The third-order valence-electron chi connectivity index (χ3n) is 2.15. The Morgan fingerprint density at radius 3 is 2.67 bits per heavy atom. The van der Waals surface area contributed by atoms with Gasteiger partial charge in [-0.25, -0.2) is 0 Å². The first kappa shape index (κ1) is 14.6. The number of hydrogen-bond donors (Lipinski definition) is 1. The highest BCUT2D eigenvalue weighted by atomic mass is 19.4. The zero-order valence-electron chi connectivity index (χ0n) is 9.91. The fourth-order valence-corrected chi connectivity index (χ4v) is 1.44. The third-order valence-corrected chi connectivity index (χ3v) is 2.15. The van der Waals surface area contributed by atoms with Gasteiger partial charge in [0.2, 0.25) is 5.91 Å². The number of carbonyl (C=O) groups is 1. The van der Waals surface area contributed by atoms with Crippen molar-refractivity contribution >= 4 is 5.91 Å². The average Bonchev–Trinajstić information content (AvgIpc) is 2.66. The van der Waals surface area contributed by atoms with Crippen molar-refractivity contribution in [3.05, 3.63) is 24.2 Å². The van der Waals surface area contributed by atoms with Gasteiger partial charge in [-0.15, -0.1) is 0 Å². The van der Waals surface area contributed by atoms with Gasteiger partial charge in [0.1, 0.15) is 12.3 Å². The largest absolute Gasteiger partial charge is 0.467 e. The molecule has 18 heavy (non-hydrogen) atoms. The van der Waals surface area contributed by atoms with Gasteiger partial charge < -0.3 is 15.1 Å². The smallest absolute Gasteiger partial charge is 0.406 e. The number of nitrogens with zero attached hydrogens (tertiary/aromatic N) is 1. The fraction of sp³-hybridized carbons (Fsp3) is 0.545. The molecule has 4 nitrogen and oxygen atoms in total. The molecule has 1 aromatic heterocycles. The summed E-state index contributed by atoms with van der Waals surface area (Å²) in [5, 5.41) is 0. The summed E-state index contributed by atoms with van der Waals surface area (Å²) in [7, 11) is 0. The second-order valence-corrected chi connectivity index (χ2v) is 4.13. The van der Waals surface area contributed by atoms with Crippen LogP contribution in [0, 0.1) is 0 Å². The molecule has 0 fully saturated rings. The Balaban J connectivity index is 2.71. The van der Waals surface area contributed by atoms with Crippen LogP contribution in [0.3, 0.4) is 0 Å². The lowest BCUT2D eigenvalue weighted by Gasteiger charge is -2.23. The Labute approximate surface area is 103 Å². The first-order chi connectivity index (χ1) is 8.28. The van der Waals surface area contributed by atoms with Crippen LogP contribution in [-0.4, -0.2) is 29.6 Å². The van der Waals surface area contributed by atoms with E-state index in [1.54, 1.807) is 13.0 Å². The van der Waals surface area contributed by atoms with Crippen LogP contribution in [0.15, 0.2) is 22.8 Å². The normalized spacial score (nSPS) is 13.4. The van der Waals surface area contributed by atoms with E-state index >= 15 is 0 Å². The van der Waals surface area contributed by atoms with Crippen LogP contribution in [-0.2, 0) is 11.3 Å². The maximum atomic E-state index is 12.4. The van der Waals surface area contributed by atoms with Gasteiger partial charge in [-0.1, -0.05) is 0 Å². The van der Waals surface area contributed by atoms with Crippen molar-refractivity contribution in [2.75, 3.05) is 6.54 Å². The molecule has 1 atom stereocenters. The van der Waals surface area contributed by atoms with Gasteiger partial charge in [0.15, 0.2) is 0 Å². The van der Waals surface area contributed by atoms with Crippen LogP contribution in [0.5, 0.6) is 0 Å². The number of carbonyl (C=O) groups excluding carboxylic acids is 1. The molecule has 1 amide bonds. The van der Waals surface area contributed by atoms with Gasteiger partial charge in [0.25, 0.3) is 0 Å². The minimum absolute atomic E-state index is 0.128. The van der Waals surface area contributed by atoms with Crippen LogP contribution < -0.4 is 5.73 Å². The average molecular weight is 264 g/mol. The Morgan fingerprint density at radius 2 is 2.22 bits per heavy atom. The highest BCUT2D eigenvalue weighted by Crippen LogP contribution is 2.19. The SMILES string of the molecule is CC(N)CC(=O)N(Cc1ccco1)CC(F)(F)F. The number of rotatable bonds is 5. The molecule has 0 aliphatic rings. The molecule has 1 aromatic rings. The standard InChI is InChI=1S/C11H15F3N2O2/c1-8(15)5-10(17)16(7-11(12,13)14)6-9-3-2-4-18-9/h2-4,8H,5-7,15H2,1H3. The Hall–Kier alpha value is -1.50. The molecule has 7 heteroatoms. The second kappa shape index (κ2) is 5.90. The lowest BCUT2D eigenvalue weighted by molar-refractivity contribution is -0.163. The van der Waals surface area contributed by atoms with Gasteiger partial charge in [-0.05, 0) is 19.1 Å². The van der Waals surface area contributed by atoms with E-state index in [4.69, 9.17) is 10.2 Å². The molecule has 0 spiro atoms. The zero-order valence-corrected chi connectivity index (χ0v) is 9.91. The van der Waals surface area contributed by atoms with Crippen molar-refractivity contribution in [1.29, 1.82) is 0 Å². The lowest BCUT2D eigenvalue weighted by atomic mass is 10.2. The highest BCUT2D eigenvalue weighted by molar-refractivity contribution is 5.76. The molecular formula is C11H15F3N2O2. The molecule has 1 unspecified atom stereocenters. The summed E-state index contributed by atoms with van der Waals surface area (Å²) in [5.74, 6) is -0.337. The molecule has 0 radical (unpaired) electrons. The van der Waals surface area contributed by atoms with Gasteiger partial charge >= 0.3 is 6.18 Å². The third kappa shape index (κ3) is 5.22. The predicted molar refractivity (Wildman–Crippen MR) is 58.4 cm³/mol. The second-order valence-electron chi connectivity index (χ2n) is 4.13. The maximum absolute atomic E-state index is 12.4. The number of nitrogens with two attached hydrogens (primary N) is 1. The molecule has 0 aliphatic heterocycles. The monoisotopic (exact) mass is 264 g/mol. The van der Waals surface area contributed by atoms with Crippen molar-refractivity contribution in [1.82, 2.24) is 4.90 Å². The van der Waals surface area contributed by atoms with Crippen LogP contribution >= 0.6 is 0 Å². The summed E-state index contributed by atoms with van der Waals surface area (Å²) in [6, 6.07) is 2.59. The summed E-state index contributed by atoms with van der Waals surface area (Å²) >= 11 is 0. The Bertz CT molecular complexity index is 374. The van der Waals surface area contributed by atoms with E-state index in [1.165, 1.54) is 12.3 Å². The van der Waals surface area contributed by atoms with Gasteiger partial charge in [0.05, 0.1) is 12.8 Å². The molecule has 1 heterocycles. The molecule has 2 N–H and O–H groups in total. The zero-order chi connectivity index (χ0) is 13.8. The molecule has 0 saturated carbocycles. The van der Waals surface area contributed by atoms with Crippen molar-refractivity contribution in [3.8, 4) is 0 Å². The summed E-state index contributed by atoms with van der Waals surface area (Å²) in [5.41, 5.74) is 5.42. The minimum Gasteiger partial charge on any atom is -0.467 e. The minimum atomic E-state index is -4.44. The summed E-state index contributed by atoms with van der Waals surface area (Å²) in [4.78, 5) is 12.4. The molecule has 0 saturated heterocycles. The first-order valence-corrected chi connectivity index (χ1v) is 5.40. The van der Waals surface area contributed by atoms with Crippen LogP contribution in [0.25, 0.3) is 0 Å². The molecule has 0 aromatic carbocycles. The topological polar surface area (TPSA) is 59.5 Å². The van der Waals surface area contributed by atoms with E-state index in [9.17, 15) is 18.0 Å². The Kier molecular flexibility index (Phi) is 4.77. The maximum Gasteiger partial charge on any atom is 0.406 e. The van der Waals surface area contributed by atoms with Crippen LogP contribution in [0.4, 0.5) is 13.2 Å². The first-order valence-electron chi connectivity index (χ1n) is 5.40. The quantitative estimate of drug-likeness (QED) is 0.883. The summed E-state index contributed by atoms with van der Waals surface area (Å²) in [6.07, 6.45) is -3.23. The van der Waals surface area contributed by atoms with Gasteiger partial charge in [-0.2, -0.15) is 13.2 Å². The van der Waals surface area contributed by atoms with E-state index in [0.717, 1.165) is 0 Å². The molecule has 0 aliphatic carbocycles. The number of alkyl halides is 3. The van der Waals surface area contributed by atoms with E-state index in [1.807, 2.05) is 0 Å². The van der Waals surface area contributed by atoms with Gasteiger partial charge in [0, 0.05) is 12.5 Å². The molecular weight excluding hydrogens is 249 g/mol. The molecule has 1 rings (SSSR count). The van der Waals surface area contributed by atoms with Crippen molar-refractivity contribution in [2.24, 2.45) is 5.73 Å².